The van der Waals surface area contributed by atoms with Crippen LogP contribution in [0.25, 0.3) is 0 Å². The molecule has 1 amide bonds. The van der Waals surface area contributed by atoms with Gasteiger partial charge < -0.3 is 14.8 Å². The third-order valence-electron chi connectivity index (χ3n) is 3.03. The summed E-state index contributed by atoms with van der Waals surface area (Å²) in [5.74, 6) is -2.49. The zero-order valence-electron chi connectivity index (χ0n) is 13.2. The van der Waals surface area contributed by atoms with E-state index in [4.69, 9.17) is 4.74 Å². The Hall–Kier alpha value is -3.10. The average Bonchev–Trinajstić information content (AvgIpc) is 2.56. The average molecular weight is 371 g/mol. The van der Waals surface area contributed by atoms with Crippen molar-refractivity contribution in [1.82, 2.24) is 0 Å². The number of amides is 1. The van der Waals surface area contributed by atoms with Crippen LogP contribution in [-0.4, -0.2) is 24.8 Å². The topological polar surface area (TPSA) is 64.6 Å². The van der Waals surface area contributed by atoms with Crippen molar-refractivity contribution in [1.29, 1.82) is 0 Å². The number of carbonyl (C=O) groups excluding carboxylic acids is 2. The number of benzene rings is 2. The van der Waals surface area contributed by atoms with E-state index in [9.17, 15) is 27.2 Å². The lowest BCUT2D eigenvalue weighted by Gasteiger charge is -2.10. The van der Waals surface area contributed by atoms with E-state index in [0.717, 1.165) is 12.1 Å². The normalized spacial score (nSPS) is 10.9. The number of carbonyl (C=O) groups is 2. The lowest BCUT2D eigenvalue weighted by Crippen LogP contribution is -2.22. The van der Waals surface area contributed by atoms with Crippen molar-refractivity contribution in [2.45, 2.75) is 12.8 Å². The second kappa shape index (κ2) is 8.32. The first-order chi connectivity index (χ1) is 12.2. The van der Waals surface area contributed by atoms with Gasteiger partial charge in [-0.15, -0.1) is 13.2 Å². The van der Waals surface area contributed by atoms with Crippen LogP contribution >= 0.6 is 0 Å². The van der Waals surface area contributed by atoms with Crippen molar-refractivity contribution >= 4 is 17.6 Å². The van der Waals surface area contributed by atoms with Crippen LogP contribution in [0.2, 0.25) is 0 Å². The SMILES string of the molecule is O=C(COC(=O)Cc1ccccc1F)Nc1ccc(OC(F)(F)F)cc1. The van der Waals surface area contributed by atoms with Crippen LogP contribution in [0, 0.1) is 5.82 Å². The molecule has 0 bridgehead atoms. The number of hydrogen-bond donors (Lipinski definition) is 1. The van der Waals surface area contributed by atoms with Crippen LogP contribution in [0.15, 0.2) is 48.5 Å². The number of rotatable bonds is 6. The first-order valence-corrected chi connectivity index (χ1v) is 7.27. The molecular weight excluding hydrogens is 358 g/mol. The molecular formula is C17H13F4NO4. The fourth-order valence-electron chi connectivity index (χ4n) is 1.93. The molecule has 0 radical (unpaired) electrons. The van der Waals surface area contributed by atoms with E-state index in [1.54, 1.807) is 6.07 Å². The van der Waals surface area contributed by atoms with Gasteiger partial charge in [-0.05, 0) is 35.9 Å². The zero-order valence-corrected chi connectivity index (χ0v) is 13.2. The summed E-state index contributed by atoms with van der Waals surface area (Å²) in [5, 5.41) is 2.34. The van der Waals surface area contributed by atoms with Crippen LogP contribution in [0.1, 0.15) is 5.56 Å². The molecule has 0 aliphatic heterocycles. The highest BCUT2D eigenvalue weighted by Crippen LogP contribution is 2.23. The number of nitrogens with one attached hydrogen (secondary N) is 1. The fourth-order valence-corrected chi connectivity index (χ4v) is 1.93. The summed E-state index contributed by atoms with van der Waals surface area (Å²) in [5.41, 5.74) is 0.327. The molecule has 0 heterocycles. The number of hydrogen-bond acceptors (Lipinski definition) is 4. The standard InChI is InChI=1S/C17H13F4NO4/c18-14-4-2-1-3-11(14)9-16(24)25-10-15(23)22-12-5-7-13(8-6-12)26-17(19,20)21/h1-8H,9-10H2,(H,22,23). The van der Waals surface area contributed by atoms with E-state index in [1.807, 2.05) is 0 Å². The second-order valence-electron chi connectivity index (χ2n) is 5.05. The van der Waals surface area contributed by atoms with E-state index >= 15 is 0 Å². The van der Waals surface area contributed by atoms with Crippen molar-refractivity contribution in [3.63, 3.8) is 0 Å². The largest absolute Gasteiger partial charge is 0.573 e. The number of ether oxygens (including phenoxy) is 2. The Morgan fingerprint density at radius 3 is 2.27 bits per heavy atom. The van der Waals surface area contributed by atoms with Crippen molar-refractivity contribution in [3.05, 3.63) is 59.9 Å². The molecule has 0 aromatic heterocycles. The van der Waals surface area contributed by atoms with Crippen LogP contribution in [0.5, 0.6) is 5.75 Å². The molecule has 26 heavy (non-hydrogen) atoms. The molecule has 0 aliphatic rings. The highest BCUT2D eigenvalue weighted by atomic mass is 19.4. The fraction of sp³-hybridized carbons (Fsp3) is 0.176. The van der Waals surface area contributed by atoms with Gasteiger partial charge in [0.05, 0.1) is 6.42 Å². The molecule has 2 aromatic carbocycles. The lowest BCUT2D eigenvalue weighted by atomic mass is 10.1. The van der Waals surface area contributed by atoms with Gasteiger partial charge in [0.2, 0.25) is 0 Å². The number of anilines is 1. The Labute approximate surface area is 145 Å². The van der Waals surface area contributed by atoms with Gasteiger partial charge in [0.25, 0.3) is 5.91 Å². The lowest BCUT2D eigenvalue weighted by molar-refractivity contribution is -0.274. The van der Waals surface area contributed by atoms with E-state index in [-0.39, 0.29) is 17.7 Å². The van der Waals surface area contributed by atoms with E-state index in [2.05, 4.69) is 10.1 Å². The summed E-state index contributed by atoms with van der Waals surface area (Å²) >= 11 is 0. The Kier molecular flexibility index (Phi) is 6.16. The highest BCUT2D eigenvalue weighted by molar-refractivity contribution is 5.92. The number of esters is 1. The molecule has 5 nitrogen and oxygen atoms in total. The minimum Gasteiger partial charge on any atom is -0.455 e. The summed E-state index contributed by atoms with van der Waals surface area (Å²) in [6.07, 6.45) is -5.14. The summed E-state index contributed by atoms with van der Waals surface area (Å²) in [6, 6.07) is 10.1. The predicted octanol–water partition coefficient (Wildman–Crippen LogP) is 3.45. The number of halogens is 4. The molecule has 2 rings (SSSR count). The van der Waals surface area contributed by atoms with Gasteiger partial charge in [0.15, 0.2) is 6.61 Å². The summed E-state index contributed by atoms with van der Waals surface area (Å²) in [4.78, 5) is 23.3. The molecule has 0 saturated heterocycles. The van der Waals surface area contributed by atoms with Crippen molar-refractivity contribution in [2.24, 2.45) is 0 Å². The van der Waals surface area contributed by atoms with Crippen molar-refractivity contribution in [2.75, 3.05) is 11.9 Å². The van der Waals surface area contributed by atoms with Crippen LogP contribution in [-0.2, 0) is 20.7 Å². The van der Waals surface area contributed by atoms with E-state index < -0.39 is 36.4 Å². The molecule has 0 aliphatic carbocycles. The van der Waals surface area contributed by atoms with Gasteiger partial charge in [0, 0.05) is 5.69 Å². The van der Waals surface area contributed by atoms with Crippen molar-refractivity contribution < 1.29 is 36.6 Å². The zero-order chi connectivity index (χ0) is 19.2. The van der Waals surface area contributed by atoms with Crippen LogP contribution in [0.3, 0.4) is 0 Å². The molecule has 1 N–H and O–H groups in total. The van der Waals surface area contributed by atoms with Gasteiger partial charge >= 0.3 is 12.3 Å². The molecule has 0 fully saturated rings. The molecule has 0 unspecified atom stereocenters. The molecule has 138 valence electrons. The molecule has 2 aromatic rings. The summed E-state index contributed by atoms with van der Waals surface area (Å²) in [7, 11) is 0. The van der Waals surface area contributed by atoms with E-state index in [1.165, 1.54) is 30.3 Å². The summed E-state index contributed by atoms with van der Waals surface area (Å²) in [6.45, 7) is -0.617. The monoisotopic (exact) mass is 371 g/mol. The smallest absolute Gasteiger partial charge is 0.455 e. The first kappa shape index (κ1) is 19.2. The quantitative estimate of drug-likeness (QED) is 0.624. The second-order valence-corrected chi connectivity index (χ2v) is 5.05. The molecule has 0 spiro atoms. The van der Waals surface area contributed by atoms with Gasteiger partial charge in [-0.25, -0.2) is 4.39 Å². The third-order valence-corrected chi connectivity index (χ3v) is 3.03. The number of alkyl halides is 3. The van der Waals surface area contributed by atoms with E-state index in [0.29, 0.717) is 0 Å². The molecule has 9 heteroatoms. The minimum atomic E-state index is -4.81. The maximum atomic E-state index is 13.4. The Bertz CT molecular complexity index is 775. The Morgan fingerprint density at radius 1 is 1.00 bits per heavy atom. The van der Waals surface area contributed by atoms with Gasteiger partial charge in [-0.2, -0.15) is 0 Å². The Balaban J connectivity index is 1.79. The minimum absolute atomic E-state index is 0.137. The first-order valence-electron chi connectivity index (χ1n) is 7.27. The maximum absolute atomic E-state index is 13.4. The molecule has 0 atom stereocenters. The van der Waals surface area contributed by atoms with Gasteiger partial charge in [0.1, 0.15) is 11.6 Å². The van der Waals surface area contributed by atoms with Crippen LogP contribution < -0.4 is 10.1 Å². The molecule has 0 saturated carbocycles. The maximum Gasteiger partial charge on any atom is 0.573 e. The van der Waals surface area contributed by atoms with Crippen molar-refractivity contribution in [3.8, 4) is 5.75 Å². The summed E-state index contributed by atoms with van der Waals surface area (Å²) < 4.78 is 58.0. The Morgan fingerprint density at radius 2 is 1.65 bits per heavy atom. The van der Waals surface area contributed by atoms with Crippen LogP contribution in [0.4, 0.5) is 23.2 Å². The van der Waals surface area contributed by atoms with Gasteiger partial charge in [-0.3, -0.25) is 9.59 Å². The van der Waals surface area contributed by atoms with Gasteiger partial charge in [-0.1, -0.05) is 18.2 Å². The third kappa shape index (κ3) is 6.42. The predicted molar refractivity (Wildman–Crippen MR) is 82.8 cm³/mol. The highest BCUT2D eigenvalue weighted by Gasteiger charge is 2.30.